The molecule has 3 nitrogen and oxygen atoms in total. The molecule has 1 aliphatic rings. The van der Waals surface area contributed by atoms with E-state index in [1.54, 1.807) is 0 Å². The summed E-state index contributed by atoms with van der Waals surface area (Å²) in [6.45, 7) is 0. The zero-order valence-corrected chi connectivity index (χ0v) is 12.0. The van der Waals surface area contributed by atoms with E-state index in [-0.39, 0.29) is 5.56 Å². The SMILES string of the molecule is O=S(=O)([O-])CCc1c(C2=CCCC2)csc1C(F)(F)F. The highest BCUT2D eigenvalue weighted by atomic mass is 32.2. The molecule has 0 aliphatic heterocycles. The van der Waals surface area contributed by atoms with E-state index in [0.29, 0.717) is 23.3 Å². The van der Waals surface area contributed by atoms with E-state index in [2.05, 4.69) is 0 Å². The molecule has 112 valence electrons. The smallest absolute Gasteiger partial charge is 0.425 e. The van der Waals surface area contributed by atoms with Crippen LogP contribution >= 0.6 is 11.3 Å². The average Bonchev–Trinajstić information content (AvgIpc) is 2.92. The van der Waals surface area contributed by atoms with E-state index < -0.39 is 33.3 Å². The molecule has 0 bridgehead atoms. The average molecular weight is 325 g/mol. The van der Waals surface area contributed by atoms with Crippen molar-refractivity contribution in [1.29, 1.82) is 0 Å². The fourth-order valence-electron chi connectivity index (χ4n) is 2.28. The van der Waals surface area contributed by atoms with Crippen molar-refractivity contribution in [3.05, 3.63) is 27.5 Å². The highest BCUT2D eigenvalue weighted by molar-refractivity contribution is 7.85. The Morgan fingerprint density at radius 1 is 1.35 bits per heavy atom. The number of allylic oxidation sites excluding steroid dienone is 2. The Morgan fingerprint density at radius 3 is 2.55 bits per heavy atom. The number of halogens is 3. The lowest BCUT2D eigenvalue weighted by molar-refractivity contribution is -0.134. The summed E-state index contributed by atoms with van der Waals surface area (Å²) in [4.78, 5) is -0.802. The van der Waals surface area contributed by atoms with Gasteiger partial charge in [0.1, 0.15) is 4.88 Å². The fourth-order valence-corrected chi connectivity index (χ4v) is 3.75. The van der Waals surface area contributed by atoms with Crippen LogP contribution in [0, 0.1) is 0 Å². The van der Waals surface area contributed by atoms with E-state index in [1.165, 1.54) is 5.38 Å². The minimum atomic E-state index is -4.53. The zero-order valence-electron chi connectivity index (χ0n) is 10.4. The lowest BCUT2D eigenvalue weighted by atomic mass is 10.0. The number of thiophene rings is 1. The third kappa shape index (κ3) is 3.62. The number of rotatable bonds is 4. The molecule has 0 radical (unpaired) electrons. The molecule has 20 heavy (non-hydrogen) atoms. The monoisotopic (exact) mass is 325 g/mol. The van der Waals surface area contributed by atoms with Crippen molar-refractivity contribution in [2.45, 2.75) is 31.9 Å². The topological polar surface area (TPSA) is 57.2 Å². The van der Waals surface area contributed by atoms with Crippen LogP contribution < -0.4 is 0 Å². The van der Waals surface area contributed by atoms with Gasteiger partial charge in [-0.25, -0.2) is 8.42 Å². The summed E-state index contributed by atoms with van der Waals surface area (Å²) in [6.07, 6.45) is -0.666. The maximum atomic E-state index is 12.9. The lowest BCUT2D eigenvalue weighted by Gasteiger charge is -2.12. The van der Waals surface area contributed by atoms with Crippen LogP contribution in [0.25, 0.3) is 5.57 Å². The van der Waals surface area contributed by atoms with Crippen LogP contribution in [-0.4, -0.2) is 18.7 Å². The van der Waals surface area contributed by atoms with Crippen LogP contribution in [0.2, 0.25) is 0 Å². The summed E-state index contributed by atoms with van der Waals surface area (Å²) < 4.78 is 70.8. The van der Waals surface area contributed by atoms with E-state index >= 15 is 0 Å². The summed E-state index contributed by atoms with van der Waals surface area (Å²) in [7, 11) is -4.53. The molecule has 1 aliphatic carbocycles. The molecule has 0 spiro atoms. The zero-order chi connectivity index (χ0) is 15.0. The van der Waals surface area contributed by atoms with E-state index in [0.717, 1.165) is 18.4 Å². The molecule has 1 aromatic heterocycles. The molecule has 8 heteroatoms. The Morgan fingerprint density at radius 2 is 2.05 bits per heavy atom. The summed E-state index contributed by atoms with van der Waals surface area (Å²) >= 11 is 0.558. The molecule has 0 saturated heterocycles. The summed E-state index contributed by atoms with van der Waals surface area (Å²) in [5.41, 5.74) is 1.20. The molecule has 0 unspecified atom stereocenters. The molecule has 0 atom stereocenters. The second-order valence-corrected chi connectivity index (χ2v) is 6.99. The van der Waals surface area contributed by atoms with Gasteiger partial charge in [-0.1, -0.05) is 6.08 Å². The Balaban J connectivity index is 2.40. The quantitative estimate of drug-likeness (QED) is 0.797. The predicted molar refractivity (Wildman–Crippen MR) is 69.4 cm³/mol. The highest BCUT2D eigenvalue weighted by Crippen LogP contribution is 2.42. The second kappa shape index (κ2) is 5.50. The molecule has 0 saturated carbocycles. The van der Waals surface area contributed by atoms with Gasteiger partial charge in [0.25, 0.3) is 0 Å². The predicted octanol–water partition coefficient (Wildman–Crippen LogP) is 3.42. The molecule has 0 aromatic carbocycles. The van der Waals surface area contributed by atoms with Gasteiger partial charge in [0.15, 0.2) is 0 Å². The molecule has 0 amide bonds. The molecule has 2 rings (SSSR count). The van der Waals surface area contributed by atoms with Gasteiger partial charge in [-0.05, 0) is 47.8 Å². The third-order valence-corrected chi connectivity index (χ3v) is 4.91. The van der Waals surface area contributed by atoms with E-state index in [1.807, 2.05) is 6.08 Å². The van der Waals surface area contributed by atoms with Gasteiger partial charge in [-0.2, -0.15) is 13.2 Å². The third-order valence-electron chi connectivity index (χ3n) is 3.14. The van der Waals surface area contributed by atoms with Gasteiger partial charge in [0.2, 0.25) is 0 Å². The molecule has 0 N–H and O–H groups in total. The first-order valence-electron chi connectivity index (χ1n) is 5.99. The van der Waals surface area contributed by atoms with Gasteiger partial charge >= 0.3 is 6.18 Å². The van der Waals surface area contributed by atoms with Gasteiger partial charge in [-0.3, -0.25) is 0 Å². The first-order valence-corrected chi connectivity index (χ1v) is 8.45. The largest absolute Gasteiger partial charge is 0.748 e. The minimum absolute atomic E-state index is 0.0601. The first-order chi connectivity index (χ1) is 9.18. The van der Waals surface area contributed by atoms with Crippen molar-refractivity contribution in [2.24, 2.45) is 0 Å². The van der Waals surface area contributed by atoms with E-state index in [9.17, 15) is 26.1 Å². The van der Waals surface area contributed by atoms with Crippen molar-refractivity contribution in [1.82, 2.24) is 0 Å². The Kier molecular flexibility index (Phi) is 4.27. The van der Waals surface area contributed by atoms with Gasteiger partial charge in [0.05, 0.1) is 10.1 Å². The van der Waals surface area contributed by atoms with Gasteiger partial charge < -0.3 is 4.55 Å². The number of hydrogen-bond donors (Lipinski definition) is 0. The van der Waals surface area contributed by atoms with Gasteiger partial charge in [-0.15, -0.1) is 11.3 Å². The van der Waals surface area contributed by atoms with Crippen LogP contribution in [0.5, 0.6) is 0 Å². The van der Waals surface area contributed by atoms with Crippen LogP contribution in [0.1, 0.15) is 35.3 Å². The summed E-state index contributed by atoms with van der Waals surface area (Å²) in [5, 5.41) is 1.41. The molecule has 1 aromatic rings. The first kappa shape index (κ1) is 15.5. The van der Waals surface area contributed by atoms with E-state index in [4.69, 9.17) is 0 Å². The summed E-state index contributed by atoms with van der Waals surface area (Å²) in [5.74, 6) is -0.812. The van der Waals surface area contributed by atoms with Crippen molar-refractivity contribution in [2.75, 3.05) is 5.75 Å². The normalized spacial score (nSPS) is 16.5. The maximum Gasteiger partial charge on any atom is 0.425 e. The minimum Gasteiger partial charge on any atom is -0.748 e. The number of alkyl halides is 3. The molecular formula is C12H12F3O3S2-. The van der Waals surface area contributed by atoms with Crippen molar-refractivity contribution >= 4 is 27.0 Å². The fraction of sp³-hybridized carbons (Fsp3) is 0.500. The second-order valence-electron chi connectivity index (χ2n) is 4.59. The highest BCUT2D eigenvalue weighted by Gasteiger charge is 2.36. The summed E-state index contributed by atoms with van der Waals surface area (Å²) in [6, 6.07) is 0. The lowest BCUT2D eigenvalue weighted by Crippen LogP contribution is -2.12. The van der Waals surface area contributed by atoms with Gasteiger partial charge in [0, 0.05) is 5.75 Å². The van der Waals surface area contributed by atoms with Crippen molar-refractivity contribution in [3.8, 4) is 0 Å². The van der Waals surface area contributed by atoms with Crippen molar-refractivity contribution in [3.63, 3.8) is 0 Å². The maximum absolute atomic E-state index is 12.9. The van der Waals surface area contributed by atoms with Crippen molar-refractivity contribution < 1.29 is 26.1 Å². The Bertz CT molecular complexity index is 627. The molecular weight excluding hydrogens is 313 g/mol. The Labute approximate surface area is 118 Å². The Hall–Kier alpha value is -0.860. The number of hydrogen-bond acceptors (Lipinski definition) is 4. The van der Waals surface area contributed by atoms with Crippen LogP contribution in [0.3, 0.4) is 0 Å². The van der Waals surface area contributed by atoms with Crippen LogP contribution in [0.4, 0.5) is 13.2 Å². The molecule has 0 fully saturated rings. The standard InChI is InChI=1S/C12H13F3O3S2/c13-12(14,15)11-9(5-6-20(16,17)18)10(7-19-11)8-3-1-2-4-8/h3,7H,1-2,4-6H2,(H,16,17,18)/p-1. The van der Waals surface area contributed by atoms with Crippen LogP contribution in [-0.2, 0) is 22.7 Å². The van der Waals surface area contributed by atoms with Crippen LogP contribution in [0.15, 0.2) is 11.5 Å². The molecule has 1 heterocycles.